The van der Waals surface area contributed by atoms with E-state index >= 15 is 0 Å². The average Bonchev–Trinajstić information content (AvgIpc) is 2.76. The number of carbonyl (C=O) groups is 1. The highest BCUT2D eigenvalue weighted by atomic mass is 127. The van der Waals surface area contributed by atoms with Gasteiger partial charge in [0.15, 0.2) is 0 Å². The molecule has 0 saturated carbocycles. The van der Waals surface area contributed by atoms with Crippen LogP contribution in [0.4, 0.5) is 0 Å². The minimum Gasteiger partial charge on any atom is -0.422 e. The highest BCUT2D eigenvalue weighted by Gasteiger charge is 2.22. The zero-order valence-corrected chi connectivity index (χ0v) is 19.0. The Kier molecular flexibility index (Phi) is 6.00. The third kappa shape index (κ3) is 4.03. The molecule has 2 nitrogen and oxygen atoms in total. The van der Waals surface area contributed by atoms with E-state index in [0.29, 0.717) is 11.3 Å². The van der Waals surface area contributed by atoms with Gasteiger partial charge in [-0.25, -0.2) is 4.79 Å². The largest absolute Gasteiger partial charge is 0.422 e. The summed E-state index contributed by atoms with van der Waals surface area (Å²) in [5.74, 6) is 0.241. The molecule has 0 aromatic heterocycles. The number of aryl methyl sites for hydroxylation is 2. The molecule has 0 bridgehead atoms. The van der Waals surface area contributed by atoms with Gasteiger partial charge in [0.2, 0.25) is 0 Å². The molecule has 0 atom stereocenters. The van der Waals surface area contributed by atoms with Gasteiger partial charge in [-0.1, -0.05) is 72.8 Å². The smallest absolute Gasteiger partial charge is 0.343 e. The number of hydrogen-bond acceptors (Lipinski definition) is 2. The van der Waals surface area contributed by atoms with Crippen LogP contribution in [0, 0.1) is 17.4 Å². The summed E-state index contributed by atoms with van der Waals surface area (Å²) in [6.45, 7) is 4.15. The Morgan fingerprint density at radius 2 is 1.33 bits per heavy atom. The number of halogens is 1. The maximum atomic E-state index is 13.0. The molecular formula is C27H21IO2. The first-order chi connectivity index (χ1) is 14.6. The number of rotatable bonds is 4. The van der Waals surface area contributed by atoms with Gasteiger partial charge < -0.3 is 4.74 Å². The fourth-order valence-electron chi connectivity index (χ4n) is 3.62. The molecule has 4 rings (SSSR count). The molecule has 148 valence electrons. The molecule has 0 heterocycles. The molecule has 0 radical (unpaired) electrons. The fraction of sp³-hybridized carbons (Fsp3) is 0.0741. The molecule has 0 N–H and O–H groups in total. The van der Waals surface area contributed by atoms with E-state index in [0.717, 1.165) is 37.0 Å². The van der Waals surface area contributed by atoms with Crippen molar-refractivity contribution in [1.29, 1.82) is 0 Å². The van der Waals surface area contributed by atoms with Gasteiger partial charge in [-0.2, -0.15) is 0 Å². The Morgan fingerprint density at radius 3 is 2.00 bits per heavy atom. The second kappa shape index (κ2) is 8.84. The Balaban J connectivity index is 1.97. The van der Waals surface area contributed by atoms with E-state index in [1.807, 2.05) is 60.7 Å². The lowest BCUT2D eigenvalue weighted by molar-refractivity contribution is 0.0736. The Bertz CT molecular complexity index is 1180. The van der Waals surface area contributed by atoms with Crippen LogP contribution in [-0.2, 0) is 0 Å². The van der Waals surface area contributed by atoms with Crippen molar-refractivity contribution in [3.05, 3.63) is 111 Å². The first-order valence-electron chi connectivity index (χ1n) is 9.78. The van der Waals surface area contributed by atoms with Gasteiger partial charge in [0.1, 0.15) is 5.75 Å². The summed E-state index contributed by atoms with van der Waals surface area (Å²) in [5.41, 5.74) is 6.72. The Hall–Kier alpha value is -2.92. The third-order valence-corrected chi connectivity index (χ3v) is 6.03. The summed E-state index contributed by atoms with van der Waals surface area (Å²) in [6, 6.07) is 29.5. The summed E-state index contributed by atoms with van der Waals surface area (Å²) in [7, 11) is 0. The van der Waals surface area contributed by atoms with E-state index in [1.54, 1.807) is 12.1 Å². The third-order valence-electron chi connectivity index (χ3n) is 5.13. The van der Waals surface area contributed by atoms with Crippen LogP contribution >= 0.6 is 22.6 Å². The predicted molar refractivity (Wildman–Crippen MR) is 131 cm³/mol. The summed E-state index contributed by atoms with van der Waals surface area (Å²) >= 11 is 2.35. The SMILES string of the molecule is Cc1cccc(I)c1-c1c(C)ccc(-c2ccccc2)c1OC(=O)c1ccccc1. The monoisotopic (exact) mass is 504 g/mol. The Morgan fingerprint density at radius 1 is 0.700 bits per heavy atom. The van der Waals surface area contributed by atoms with Crippen LogP contribution < -0.4 is 4.74 Å². The van der Waals surface area contributed by atoms with Gasteiger partial charge >= 0.3 is 5.97 Å². The zero-order chi connectivity index (χ0) is 21.1. The molecule has 0 aliphatic heterocycles. The van der Waals surface area contributed by atoms with Gasteiger partial charge in [0.05, 0.1) is 5.56 Å². The Labute approximate surface area is 190 Å². The minimum atomic E-state index is -0.358. The number of esters is 1. The van der Waals surface area contributed by atoms with Gasteiger partial charge in [-0.3, -0.25) is 0 Å². The standard InChI is InChI=1S/C27H21IO2/c1-18-10-9-15-23(28)24(18)25-19(2)16-17-22(20-11-5-3-6-12-20)26(25)30-27(29)21-13-7-4-8-14-21/h3-17H,1-2H3. The van der Waals surface area contributed by atoms with Gasteiger partial charge in [-0.05, 0) is 71.3 Å². The topological polar surface area (TPSA) is 26.3 Å². The first kappa shape index (κ1) is 20.4. The second-order valence-corrected chi connectivity index (χ2v) is 8.35. The van der Waals surface area contributed by atoms with Crippen LogP contribution in [0.2, 0.25) is 0 Å². The summed E-state index contributed by atoms with van der Waals surface area (Å²) < 4.78 is 7.24. The lowest BCUT2D eigenvalue weighted by Gasteiger charge is -2.20. The quantitative estimate of drug-likeness (QED) is 0.164. The van der Waals surface area contributed by atoms with Crippen LogP contribution in [0.15, 0.2) is 91.0 Å². The zero-order valence-electron chi connectivity index (χ0n) is 16.9. The molecule has 0 saturated heterocycles. The van der Waals surface area contributed by atoms with Crippen molar-refractivity contribution in [2.75, 3.05) is 0 Å². The van der Waals surface area contributed by atoms with Crippen molar-refractivity contribution in [2.45, 2.75) is 13.8 Å². The van der Waals surface area contributed by atoms with Crippen molar-refractivity contribution in [2.24, 2.45) is 0 Å². The highest BCUT2D eigenvalue weighted by Crippen LogP contribution is 2.44. The first-order valence-corrected chi connectivity index (χ1v) is 10.9. The number of benzene rings is 4. The van der Waals surface area contributed by atoms with E-state index in [4.69, 9.17) is 4.74 Å². The molecule has 4 aromatic rings. The van der Waals surface area contributed by atoms with Crippen molar-refractivity contribution < 1.29 is 9.53 Å². The average molecular weight is 504 g/mol. The molecule has 0 spiro atoms. The highest BCUT2D eigenvalue weighted by molar-refractivity contribution is 14.1. The molecule has 3 heteroatoms. The number of hydrogen-bond donors (Lipinski definition) is 0. The maximum absolute atomic E-state index is 13.0. The van der Waals surface area contributed by atoms with Crippen molar-refractivity contribution >= 4 is 28.6 Å². The normalized spacial score (nSPS) is 10.6. The lowest BCUT2D eigenvalue weighted by Crippen LogP contribution is -2.11. The molecule has 0 amide bonds. The second-order valence-electron chi connectivity index (χ2n) is 7.19. The van der Waals surface area contributed by atoms with Crippen LogP contribution in [0.1, 0.15) is 21.5 Å². The van der Waals surface area contributed by atoms with Crippen LogP contribution in [0.25, 0.3) is 22.3 Å². The molecular weight excluding hydrogens is 483 g/mol. The molecule has 0 aliphatic carbocycles. The molecule has 0 fully saturated rings. The van der Waals surface area contributed by atoms with Gasteiger partial charge in [0, 0.05) is 20.3 Å². The van der Waals surface area contributed by atoms with Crippen LogP contribution in [0.3, 0.4) is 0 Å². The summed E-state index contributed by atoms with van der Waals surface area (Å²) in [6.07, 6.45) is 0. The minimum absolute atomic E-state index is 0.358. The van der Waals surface area contributed by atoms with Gasteiger partial charge in [0.25, 0.3) is 0 Å². The summed E-state index contributed by atoms with van der Waals surface area (Å²) in [4.78, 5) is 13.0. The van der Waals surface area contributed by atoms with E-state index in [1.165, 1.54) is 0 Å². The number of ether oxygens (including phenoxy) is 1. The van der Waals surface area contributed by atoms with Crippen molar-refractivity contribution in [3.63, 3.8) is 0 Å². The van der Waals surface area contributed by atoms with Crippen molar-refractivity contribution in [3.8, 4) is 28.0 Å². The van der Waals surface area contributed by atoms with Crippen LogP contribution in [-0.4, -0.2) is 5.97 Å². The van der Waals surface area contributed by atoms with E-state index in [2.05, 4.69) is 54.6 Å². The maximum Gasteiger partial charge on any atom is 0.343 e. The van der Waals surface area contributed by atoms with E-state index in [-0.39, 0.29) is 5.97 Å². The van der Waals surface area contributed by atoms with E-state index < -0.39 is 0 Å². The van der Waals surface area contributed by atoms with E-state index in [9.17, 15) is 4.79 Å². The predicted octanol–water partition coefficient (Wildman–Crippen LogP) is 7.46. The van der Waals surface area contributed by atoms with Crippen LogP contribution in [0.5, 0.6) is 5.75 Å². The van der Waals surface area contributed by atoms with Crippen molar-refractivity contribution in [1.82, 2.24) is 0 Å². The fourth-order valence-corrected chi connectivity index (χ4v) is 4.52. The number of carbonyl (C=O) groups excluding carboxylic acids is 1. The molecule has 0 aliphatic rings. The van der Waals surface area contributed by atoms with Gasteiger partial charge in [-0.15, -0.1) is 0 Å². The lowest BCUT2D eigenvalue weighted by atomic mass is 9.91. The summed E-state index contributed by atoms with van der Waals surface area (Å²) in [5, 5.41) is 0. The molecule has 30 heavy (non-hydrogen) atoms. The molecule has 0 unspecified atom stereocenters. The molecule has 4 aromatic carbocycles.